The molecule has 0 radical (unpaired) electrons. The molecule has 32 heavy (non-hydrogen) atoms. The number of hydrogen-bond acceptors (Lipinski definition) is 5. The second-order valence-corrected chi connectivity index (χ2v) is 8.87. The van der Waals surface area contributed by atoms with E-state index in [0.29, 0.717) is 10.2 Å². The van der Waals surface area contributed by atoms with E-state index >= 15 is 0 Å². The number of halogens is 1. The topological polar surface area (TPSA) is 77.6 Å². The third-order valence-electron chi connectivity index (χ3n) is 5.24. The zero-order valence-corrected chi connectivity index (χ0v) is 19.6. The third-order valence-corrected chi connectivity index (χ3v) is 6.44. The number of aryl methyl sites for hydroxylation is 3. The number of thioether (sulfide) groups is 1. The van der Waals surface area contributed by atoms with Gasteiger partial charge in [-0.05, 0) is 54.8 Å². The maximum absolute atomic E-state index is 12.9. The lowest BCUT2D eigenvalue weighted by Crippen LogP contribution is -2.32. The number of carbonyl (C=O) groups excluding carboxylic acids is 1. The lowest BCUT2D eigenvalue weighted by atomic mass is 10.1. The fraction of sp³-hybridized carbons (Fsp3) is 0.217. The van der Waals surface area contributed by atoms with Crippen LogP contribution in [0.25, 0.3) is 5.69 Å². The van der Waals surface area contributed by atoms with Crippen LogP contribution in [0.5, 0.6) is 0 Å². The van der Waals surface area contributed by atoms with Crippen molar-refractivity contribution in [3.63, 3.8) is 0 Å². The maximum atomic E-state index is 12.9. The molecule has 0 saturated heterocycles. The van der Waals surface area contributed by atoms with Crippen LogP contribution in [0.2, 0.25) is 5.02 Å². The van der Waals surface area contributed by atoms with Crippen molar-refractivity contribution in [3.8, 4) is 5.69 Å². The highest BCUT2D eigenvalue weighted by Gasteiger charge is 2.21. The molecule has 0 aliphatic heterocycles. The first-order valence-corrected chi connectivity index (χ1v) is 11.4. The van der Waals surface area contributed by atoms with Gasteiger partial charge < -0.3 is 9.88 Å². The van der Waals surface area contributed by atoms with Crippen molar-refractivity contribution in [2.75, 3.05) is 5.75 Å². The molecule has 9 heteroatoms. The fourth-order valence-corrected chi connectivity index (χ4v) is 4.18. The number of imidazole rings is 1. The van der Waals surface area contributed by atoms with Gasteiger partial charge in [0.15, 0.2) is 5.16 Å². The Hall–Kier alpha value is -3.10. The number of aromatic nitrogens is 5. The lowest BCUT2D eigenvalue weighted by molar-refractivity contribution is -0.119. The van der Waals surface area contributed by atoms with Gasteiger partial charge in [0.2, 0.25) is 5.91 Å². The van der Waals surface area contributed by atoms with E-state index in [4.69, 9.17) is 11.6 Å². The average molecular weight is 467 g/mol. The van der Waals surface area contributed by atoms with Gasteiger partial charge in [0.1, 0.15) is 18.2 Å². The van der Waals surface area contributed by atoms with Crippen LogP contribution in [0.1, 0.15) is 28.6 Å². The molecule has 0 fully saturated rings. The summed E-state index contributed by atoms with van der Waals surface area (Å²) in [7, 11) is 1.90. The quantitative estimate of drug-likeness (QED) is 0.411. The molecule has 0 aliphatic rings. The zero-order chi connectivity index (χ0) is 22.7. The second kappa shape index (κ2) is 9.58. The van der Waals surface area contributed by atoms with E-state index in [1.54, 1.807) is 24.7 Å². The largest absolute Gasteiger partial charge is 0.341 e. The van der Waals surface area contributed by atoms with E-state index in [2.05, 4.69) is 46.5 Å². The molecule has 7 nitrogen and oxygen atoms in total. The van der Waals surface area contributed by atoms with E-state index in [-0.39, 0.29) is 11.7 Å². The Kier molecular flexibility index (Phi) is 6.62. The predicted molar refractivity (Wildman–Crippen MR) is 126 cm³/mol. The van der Waals surface area contributed by atoms with Crippen LogP contribution in [0.4, 0.5) is 0 Å². The Balaban J connectivity index is 1.49. The minimum atomic E-state index is -0.391. The number of amides is 1. The highest BCUT2D eigenvalue weighted by atomic mass is 35.5. The van der Waals surface area contributed by atoms with E-state index < -0.39 is 6.04 Å². The SMILES string of the molecule is Cc1ccc(-n2cnnc2SCC(=O)N[C@@H](c2ccc(Cl)cc2)c2nccn2C)cc1C. The summed E-state index contributed by atoms with van der Waals surface area (Å²) in [5.74, 6) is 0.800. The van der Waals surface area contributed by atoms with Gasteiger partial charge in [0.05, 0.1) is 5.75 Å². The van der Waals surface area contributed by atoms with Gasteiger partial charge in [-0.15, -0.1) is 10.2 Å². The molecule has 4 rings (SSSR count). The molecule has 0 spiro atoms. The summed E-state index contributed by atoms with van der Waals surface area (Å²) < 4.78 is 3.78. The number of carbonyl (C=O) groups is 1. The van der Waals surface area contributed by atoms with Crippen molar-refractivity contribution in [3.05, 3.63) is 88.7 Å². The molecule has 2 aromatic heterocycles. The minimum Gasteiger partial charge on any atom is -0.341 e. The number of rotatable bonds is 7. The predicted octanol–water partition coefficient (Wildman–Crippen LogP) is 4.27. The van der Waals surface area contributed by atoms with Crippen LogP contribution in [0.15, 0.2) is 66.3 Å². The first-order chi connectivity index (χ1) is 15.4. The Bertz CT molecular complexity index is 1230. The first-order valence-electron chi connectivity index (χ1n) is 10.0. The smallest absolute Gasteiger partial charge is 0.231 e. The molecule has 0 bridgehead atoms. The standard InChI is InChI=1S/C23H23ClN6OS/c1-15-4-9-19(12-16(15)2)30-14-26-28-23(30)32-13-20(31)27-21(22-25-10-11-29(22)3)17-5-7-18(24)8-6-17/h4-12,14,21H,13H2,1-3H3,(H,27,31)/t21-/m0/s1. The Morgan fingerprint density at radius 3 is 2.62 bits per heavy atom. The van der Waals surface area contributed by atoms with Gasteiger partial charge in [-0.3, -0.25) is 9.36 Å². The molecule has 1 amide bonds. The Morgan fingerprint density at radius 2 is 1.94 bits per heavy atom. The Labute approximate surface area is 195 Å². The monoisotopic (exact) mass is 466 g/mol. The molecule has 164 valence electrons. The number of nitrogens with one attached hydrogen (secondary N) is 1. The summed E-state index contributed by atoms with van der Waals surface area (Å²) in [6.07, 6.45) is 5.23. The fourth-order valence-electron chi connectivity index (χ4n) is 3.32. The summed E-state index contributed by atoms with van der Waals surface area (Å²) in [5.41, 5.74) is 4.28. The average Bonchev–Trinajstić information content (AvgIpc) is 3.42. The number of benzene rings is 2. The summed E-state index contributed by atoms with van der Waals surface area (Å²) >= 11 is 7.38. The van der Waals surface area contributed by atoms with Crippen LogP contribution in [-0.4, -0.2) is 36.0 Å². The first kappa shape index (κ1) is 22.1. The summed E-state index contributed by atoms with van der Waals surface area (Å²) in [6.45, 7) is 4.14. The zero-order valence-electron chi connectivity index (χ0n) is 18.0. The van der Waals surface area contributed by atoms with Crippen LogP contribution in [-0.2, 0) is 11.8 Å². The number of nitrogens with zero attached hydrogens (tertiary/aromatic N) is 5. The van der Waals surface area contributed by atoms with Gasteiger partial charge in [-0.25, -0.2) is 4.98 Å². The minimum absolute atomic E-state index is 0.132. The van der Waals surface area contributed by atoms with Gasteiger partial charge in [-0.2, -0.15) is 0 Å². The molecule has 0 saturated carbocycles. The maximum Gasteiger partial charge on any atom is 0.231 e. The Morgan fingerprint density at radius 1 is 1.16 bits per heavy atom. The van der Waals surface area contributed by atoms with Crippen molar-refractivity contribution in [2.45, 2.75) is 25.0 Å². The van der Waals surface area contributed by atoms with Crippen LogP contribution >= 0.6 is 23.4 Å². The van der Waals surface area contributed by atoms with Gasteiger partial charge in [0, 0.05) is 30.2 Å². The molecule has 1 N–H and O–H groups in total. The normalized spacial score (nSPS) is 12.0. The van der Waals surface area contributed by atoms with Crippen LogP contribution < -0.4 is 5.32 Å². The van der Waals surface area contributed by atoms with Gasteiger partial charge in [0.25, 0.3) is 0 Å². The van der Waals surface area contributed by atoms with Crippen molar-refractivity contribution in [1.82, 2.24) is 29.6 Å². The van der Waals surface area contributed by atoms with E-state index in [1.807, 2.05) is 40.6 Å². The molecule has 0 unspecified atom stereocenters. The highest BCUT2D eigenvalue weighted by Crippen LogP contribution is 2.24. The molecular weight excluding hydrogens is 444 g/mol. The van der Waals surface area contributed by atoms with Crippen molar-refractivity contribution >= 4 is 29.3 Å². The molecule has 4 aromatic rings. The molecular formula is C23H23ClN6OS. The van der Waals surface area contributed by atoms with E-state index in [0.717, 1.165) is 17.1 Å². The summed E-state index contributed by atoms with van der Waals surface area (Å²) in [5, 5.41) is 12.6. The summed E-state index contributed by atoms with van der Waals surface area (Å²) in [4.78, 5) is 17.3. The molecule has 1 atom stereocenters. The van der Waals surface area contributed by atoms with E-state index in [1.165, 1.54) is 22.9 Å². The highest BCUT2D eigenvalue weighted by molar-refractivity contribution is 7.99. The second-order valence-electron chi connectivity index (χ2n) is 7.49. The molecule has 2 heterocycles. The molecule has 2 aromatic carbocycles. The number of hydrogen-bond donors (Lipinski definition) is 1. The third kappa shape index (κ3) is 4.87. The van der Waals surface area contributed by atoms with Crippen LogP contribution in [0, 0.1) is 13.8 Å². The van der Waals surface area contributed by atoms with Gasteiger partial charge in [-0.1, -0.05) is 41.6 Å². The van der Waals surface area contributed by atoms with Crippen molar-refractivity contribution in [1.29, 1.82) is 0 Å². The lowest BCUT2D eigenvalue weighted by Gasteiger charge is -2.19. The summed E-state index contributed by atoms with van der Waals surface area (Å²) in [6, 6.07) is 13.2. The molecule has 0 aliphatic carbocycles. The van der Waals surface area contributed by atoms with Crippen molar-refractivity contribution in [2.24, 2.45) is 7.05 Å². The van der Waals surface area contributed by atoms with Gasteiger partial charge >= 0.3 is 0 Å². The van der Waals surface area contributed by atoms with E-state index in [9.17, 15) is 4.79 Å². The van der Waals surface area contributed by atoms with Crippen molar-refractivity contribution < 1.29 is 4.79 Å². The van der Waals surface area contributed by atoms with Crippen LogP contribution in [0.3, 0.4) is 0 Å².